The Balaban J connectivity index is 2.26. The Morgan fingerprint density at radius 1 is 1.30 bits per heavy atom. The van der Waals surface area contributed by atoms with Crippen LogP contribution >= 0.6 is 0 Å². The molecule has 0 bridgehead atoms. The average Bonchev–Trinajstić information content (AvgIpc) is 2.67. The number of ether oxygens (including phenoxy) is 1. The summed E-state index contributed by atoms with van der Waals surface area (Å²) in [5.74, 6) is -0.790. The van der Waals surface area contributed by atoms with E-state index in [1.807, 2.05) is 0 Å². The molecule has 0 amide bonds. The molecule has 2 saturated carbocycles. The molecule has 0 aromatic carbocycles. The number of carbonyl (C=O) groups excluding carboxylic acids is 2. The molecule has 1 N–H and O–H groups in total. The van der Waals surface area contributed by atoms with Crippen molar-refractivity contribution < 1.29 is 19.4 Å². The van der Waals surface area contributed by atoms with Crippen LogP contribution in [0.25, 0.3) is 0 Å². The summed E-state index contributed by atoms with van der Waals surface area (Å²) in [6, 6.07) is 0. The van der Waals surface area contributed by atoms with Gasteiger partial charge in [-0.05, 0) is 50.4 Å². The summed E-state index contributed by atoms with van der Waals surface area (Å²) in [6.07, 6.45) is 3.66. The van der Waals surface area contributed by atoms with E-state index in [0.717, 1.165) is 25.7 Å². The molecular weight excluding hydrogens is 256 g/mol. The lowest BCUT2D eigenvalue weighted by molar-refractivity contribution is -0.148. The minimum Gasteiger partial charge on any atom is -0.466 e. The fourth-order valence-electron chi connectivity index (χ4n) is 4.17. The highest BCUT2D eigenvalue weighted by molar-refractivity contribution is 5.88. The number of hydrogen-bond donors (Lipinski definition) is 1. The Kier molecular flexibility index (Phi) is 3.80. The number of ketones is 1. The number of methoxy groups -OCH3 is 1. The SMILES string of the molecule is C=C(C(=O)OC)[C@@H]1CC[C@@]2(C)CC[C@@H](C(C)=O)[C@@]2(O)C1. The minimum absolute atomic E-state index is 0.0422. The highest BCUT2D eigenvalue weighted by Gasteiger charge is 2.60. The van der Waals surface area contributed by atoms with Crippen molar-refractivity contribution in [1.82, 2.24) is 0 Å². The van der Waals surface area contributed by atoms with E-state index in [-0.39, 0.29) is 23.0 Å². The molecule has 2 fully saturated rings. The summed E-state index contributed by atoms with van der Waals surface area (Å²) in [5.41, 5.74) is -0.827. The number of esters is 1. The third kappa shape index (κ3) is 2.10. The standard InChI is InChI=1S/C16H24O4/c1-10(14(18)20-4)12-5-7-15(3)8-6-13(11(2)17)16(15,19)9-12/h12-13,19H,1,5-9H2,2-4H3/t12-,13+,15+,16+/m1/s1. The van der Waals surface area contributed by atoms with Gasteiger partial charge in [-0.25, -0.2) is 4.79 Å². The van der Waals surface area contributed by atoms with Crippen molar-refractivity contribution in [3.63, 3.8) is 0 Å². The summed E-state index contributed by atoms with van der Waals surface area (Å²) in [7, 11) is 1.34. The van der Waals surface area contributed by atoms with Gasteiger partial charge in [0.15, 0.2) is 0 Å². The zero-order valence-electron chi connectivity index (χ0n) is 12.6. The number of Topliss-reactive ketones (excluding diaryl/α,β-unsaturated/α-hetero) is 1. The van der Waals surface area contributed by atoms with Crippen molar-refractivity contribution in [2.24, 2.45) is 17.3 Å². The van der Waals surface area contributed by atoms with Gasteiger partial charge in [0.2, 0.25) is 0 Å². The first kappa shape index (κ1) is 15.2. The van der Waals surface area contributed by atoms with Crippen LogP contribution in [0.1, 0.15) is 46.0 Å². The van der Waals surface area contributed by atoms with E-state index < -0.39 is 11.6 Å². The van der Waals surface area contributed by atoms with Crippen LogP contribution in [0.5, 0.6) is 0 Å². The van der Waals surface area contributed by atoms with Crippen molar-refractivity contribution in [2.45, 2.75) is 51.6 Å². The number of fused-ring (bicyclic) bond motifs is 1. The van der Waals surface area contributed by atoms with Gasteiger partial charge in [0, 0.05) is 11.5 Å². The molecule has 0 unspecified atom stereocenters. The molecule has 0 radical (unpaired) electrons. The quantitative estimate of drug-likeness (QED) is 0.636. The first-order chi connectivity index (χ1) is 9.25. The summed E-state index contributed by atoms with van der Waals surface area (Å²) in [5, 5.41) is 11.2. The van der Waals surface area contributed by atoms with Gasteiger partial charge in [-0.3, -0.25) is 4.79 Å². The first-order valence-electron chi connectivity index (χ1n) is 7.25. The second-order valence-corrected chi connectivity index (χ2v) is 6.64. The first-order valence-corrected chi connectivity index (χ1v) is 7.25. The molecule has 0 saturated heterocycles. The van der Waals surface area contributed by atoms with Crippen LogP contribution in [-0.2, 0) is 14.3 Å². The van der Waals surface area contributed by atoms with Gasteiger partial charge in [-0.1, -0.05) is 13.5 Å². The van der Waals surface area contributed by atoms with Gasteiger partial charge in [-0.2, -0.15) is 0 Å². The lowest BCUT2D eigenvalue weighted by Gasteiger charge is -2.49. The molecule has 112 valence electrons. The van der Waals surface area contributed by atoms with E-state index >= 15 is 0 Å². The summed E-state index contributed by atoms with van der Waals surface area (Å²) >= 11 is 0. The molecule has 0 heterocycles. The van der Waals surface area contributed by atoms with Crippen molar-refractivity contribution in [3.05, 3.63) is 12.2 Å². The summed E-state index contributed by atoms with van der Waals surface area (Å²) in [4.78, 5) is 23.5. The third-order valence-electron chi connectivity index (χ3n) is 5.64. The molecule has 2 aliphatic rings. The fourth-order valence-corrected chi connectivity index (χ4v) is 4.17. The molecule has 4 heteroatoms. The molecule has 0 aromatic heterocycles. The van der Waals surface area contributed by atoms with E-state index in [1.165, 1.54) is 7.11 Å². The zero-order valence-corrected chi connectivity index (χ0v) is 12.6. The van der Waals surface area contributed by atoms with Crippen LogP contribution in [0.4, 0.5) is 0 Å². The van der Waals surface area contributed by atoms with Crippen LogP contribution < -0.4 is 0 Å². The van der Waals surface area contributed by atoms with Crippen LogP contribution in [0.15, 0.2) is 12.2 Å². The average molecular weight is 280 g/mol. The van der Waals surface area contributed by atoms with Gasteiger partial charge in [-0.15, -0.1) is 0 Å². The molecule has 20 heavy (non-hydrogen) atoms. The third-order valence-corrected chi connectivity index (χ3v) is 5.64. The Bertz CT molecular complexity index is 455. The summed E-state index contributed by atoms with van der Waals surface area (Å²) in [6.45, 7) is 7.43. The van der Waals surface area contributed by atoms with Crippen LogP contribution in [-0.4, -0.2) is 29.6 Å². The molecule has 0 aliphatic heterocycles. The second-order valence-electron chi connectivity index (χ2n) is 6.64. The molecule has 2 aliphatic carbocycles. The monoisotopic (exact) mass is 280 g/mol. The lowest BCUT2D eigenvalue weighted by atomic mass is 9.59. The van der Waals surface area contributed by atoms with E-state index in [9.17, 15) is 14.7 Å². The van der Waals surface area contributed by atoms with E-state index in [2.05, 4.69) is 13.5 Å². The largest absolute Gasteiger partial charge is 0.466 e. The Morgan fingerprint density at radius 3 is 2.45 bits per heavy atom. The molecule has 0 spiro atoms. The number of aliphatic hydroxyl groups is 1. The predicted molar refractivity (Wildman–Crippen MR) is 75.0 cm³/mol. The van der Waals surface area contributed by atoms with Gasteiger partial charge in [0.25, 0.3) is 0 Å². The van der Waals surface area contributed by atoms with E-state index in [4.69, 9.17) is 4.74 Å². The number of rotatable bonds is 3. The second kappa shape index (κ2) is 4.99. The molecule has 4 nitrogen and oxygen atoms in total. The van der Waals surface area contributed by atoms with Crippen molar-refractivity contribution in [2.75, 3.05) is 7.11 Å². The van der Waals surface area contributed by atoms with Crippen molar-refractivity contribution in [3.8, 4) is 0 Å². The van der Waals surface area contributed by atoms with Crippen LogP contribution in [0.2, 0.25) is 0 Å². The number of carbonyl (C=O) groups is 2. The maximum absolute atomic E-state index is 11.8. The van der Waals surface area contributed by atoms with Crippen LogP contribution in [0, 0.1) is 17.3 Å². The van der Waals surface area contributed by atoms with Gasteiger partial charge in [0.05, 0.1) is 12.7 Å². The Morgan fingerprint density at radius 2 is 1.90 bits per heavy atom. The lowest BCUT2D eigenvalue weighted by Crippen LogP contribution is -2.53. The Labute approximate surface area is 120 Å². The van der Waals surface area contributed by atoms with E-state index in [0.29, 0.717) is 12.0 Å². The summed E-state index contributed by atoms with van der Waals surface area (Å²) < 4.78 is 4.72. The Hall–Kier alpha value is -1.16. The molecule has 4 atom stereocenters. The fraction of sp³-hybridized carbons (Fsp3) is 0.750. The predicted octanol–water partition coefficient (Wildman–Crippen LogP) is 2.25. The topological polar surface area (TPSA) is 63.6 Å². The minimum atomic E-state index is -1.02. The maximum atomic E-state index is 11.8. The smallest absolute Gasteiger partial charge is 0.333 e. The van der Waals surface area contributed by atoms with Gasteiger partial charge < -0.3 is 9.84 Å². The van der Waals surface area contributed by atoms with Gasteiger partial charge in [0.1, 0.15) is 5.78 Å². The molecule has 2 rings (SSSR count). The van der Waals surface area contributed by atoms with E-state index in [1.54, 1.807) is 6.92 Å². The highest BCUT2D eigenvalue weighted by Crippen LogP contribution is 2.59. The van der Waals surface area contributed by atoms with Gasteiger partial charge >= 0.3 is 5.97 Å². The normalized spacial score (nSPS) is 40.0. The number of hydrogen-bond acceptors (Lipinski definition) is 4. The molecule has 0 aromatic rings. The van der Waals surface area contributed by atoms with Crippen molar-refractivity contribution in [1.29, 1.82) is 0 Å². The van der Waals surface area contributed by atoms with Crippen LogP contribution in [0.3, 0.4) is 0 Å². The highest BCUT2D eigenvalue weighted by atomic mass is 16.5. The zero-order chi connectivity index (χ0) is 15.1. The van der Waals surface area contributed by atoms with Crippen molar-refractivity contribution >= 4 is 11.8 Å². The maximum Gasteiger partial charge on any atom is 0.333 e. The molecular formula is C16H24O4.